The lowest BCUT2D eigenvalue weighted by Crippen LogP contribution is -2.48. The molecule has 0 saturated carbocycles. The number of nitrogens with zero attached hydrogens (tertiary/aromatic N) is 1. The van der Waals surface area contributed by atoms with Crippen molar-refractivity contribution in [2.75, 3.05) is 13.1 Å². The number of carboxylic acid groups (broad SMARTS) is 2. The standard InChI is InChI=1S/C12H22N2O5/c1-7(2)4-9(12(18)19)14(6-10(13)15)5-8(3)11(16)17/h7-9H,4-6H2,1-3H3,(H2,13,15)(H,16,17)(H,18,19). The van der Waals surface area contributed by atoms with E-state index in [0.717, 1.165) is 0 Å². The molecular formula is C12H22N2O5. The second-order valence-electron chi connectivity index (χ2n) is 5.12. The number of aliphatic carboxylic acids is 2. The molecule has 0 spiro atoms. The van der Waals surface area contributed by atoms with Crippen LogP contribution in [0, 0.1) is 11.8 Å². The van der Waals surface area contributed by atoms with Crippen LogP contribution in [-0.4, -0.2) is 52.1 Å². The Labute approximate surface area is 112 Å². The van der Waals surface area contributed by atoms with E-state index in [2.05, 4.69) is 0 Å². The molecule has 0 aliphatic rings. The molecule has 0 saturated heterocycles. The summed E-state index contributed by atoms with van der Waals surface area (Å²) in [6, 6.07) is -0.908. The van der Waals surface area contributed by atoms with E-state index in [1.54, 1.807) is 0 Å². The minimum Gasteiger partial charge on any atom is -0.481 e. The zero-order valence-electron chi connectivity index (χ0n) is 11.5. The van der Waals surface area contributed by atoms with Gasteiger partial charge in [0.25, 0.3) is 0 Å². The van der Waals surface area contributed by atoms with Crippen molar-refractivity contribution in [2.45, 2.75) is 33.2 Å². The van der Waals surface area contributed by atoms with E-state index >= 15 is 0 Å². The lowest BCUT2D eigenvalue weighted by molar-refractivity contribution is -0.148. The van der Waals surface area contributed by atoms with Gasteiger partial charge in [-0.05, 0) is 12.3 Å². The van der Waals surface area contributed by atoms with Crippen molar-refractivity contribution < 1.29 is 24.6 Å². The van der Waals surface area contributed by atoms with Crippen molar-refractivity contribution in [3.05, 3.63) is 0 Å². The molecule has 2 unspecified atom stereocenters. The zero-order chi connectivity index (χ0) is 15.2. The number of carbonyl (C=O) groups is 3. The lowest BCUT2D eigenvalue weighted by atomic mass is 10.0. The van der Waals surface area contributed by atoms with Crippen LogP contribution in [0.2, 0.25) is 0 Å². The summed E-state index contributed by atoms with van der Waals surface area (Å²) in [5.74, 6) is -3.45. The highest BCUT2D eigenvalue weighted by Crippen LogP contribution is 2.14. The molecule has 4 N–H and O–H groups in total. The van der Waals surface area contributed by atoms with Gasteiger partial charge in [-0.3, -0.25) is 19.3 Å². The van der Waals surface area contributed by atoms with Crippen molar-refractivity contribution in [2.24, 2.45) is 17.6 Å². The van der Waals surface area contributed by atoms with Crippen LogP contribution in [0.3, 0.4) is 0 Å². The molecule has 0 bridgehead atoms. The van der Waals surface area contributed by atoms with Gasteiger partial charge in [-0.2, -0.15) is 0 Å². The molecule has 0 aromatic heterocycles. The second kappa shape index (κ2) is 7.73. The number of amides is 1. The molecule has 0 aliphatic heterocycles. The Bertz CT molecular complexity index is 343. The number of hydrogen-bond acceptors (Lipinski definition) is 4. The fourth-order valence-electron chi connectivity index (χ4n) is 1.78. The van der Waals surface area contributed by atoms with Gasteiger partial charge in [-0.25, -0.2) is 0 Å². The Balaban J connectivity index is 5.00. The van der Waals surface area contributed by atoms with E-state index in [-0.39, 0.29) is 19.0 Å². The first kappa shape index (κ1) is 17.4. The summed E-state index contributed by atoms with van der Waals surface area (Å²) < 4.78 is 0. The van der Waals surface area contributed by atoms with E-state index in [4.69, 9.17) is 10.8 Å². The number of rotatable bonds is 9. The zero-order valence-corrected chi connectivity index (χ0v) is 11.5. The molecule has 2 atom stereocenters. The average molecular weight is 274 g/mol. The number of carbonyl (C=O) groups excluding carboxylic acids is 1. The van der Waals surface area contributed by atoms with E-state index in [9.17, 15) is 19.5 Å². The van der Waals surface area contributed by atoms with Crippen LogP contribution < -0.4 is 5.73 Å². The highest BCUT2D eigenvalue weighted by molar-refractivity contribution is 5.78. The van der Waals surface area contributed by atoms with Gasteiger partial charge in [0.1, 0.15) is 6.04 Å². The second-order valence-corrected chi connectivity index (χ2v) is 5.12. The third-order valence-corrected chi connectivity index (χ3v) is 2.71. The maximum absolute atomic E-state index is 11.3. The summed E-state index contributed by atoms with van der Waals surface area (Å²) >= 11 is 0. The quantitative estimate of drug-likeness (QED) is 0.544. The van der Waals surface area contributed by atoms with Gasteiger partial charge in [0.15, 0.2) is 0 Å². The van der Waals surface area contributed by atoms with Crippen LogP contribution >= 0.6 is 0 Å². The van der Waals surface area contributed by atoms with Crippen LogP contribution in [-0.2, 0) is 14.4 Å². The summed E-state index contributed by atoms with van der Waals surface area (Å²) in [7, 11) is 0. The Kier molecular flexibility index (Phi) is 7.06. The first-order chi connectivity index (χ1) is 8.65. The van der Waals surface area contributed by atoms with Crippen LogP contribution in [0.1, 0.15) is 27.2 Å². The van der Waals surface area contributed by atoms with E-state index in [1.165, 1.54) is 11.8 Å². The van der Waals surface area contributed by atoms with Crippen molar-refractivity contribution in [3.63, 3.8) is 0 Å². The molecule has 0 aromatic carbocycles. The molecular weight excluding hydrogens is 252 g/mol. The maximum Gasteiger partial charge on any atom is 0.320 e. The summed E-state index contributed by atoms with van der Waals surface area (Å²) in [5.41, 5.74) is 5.09. The van der Waals surface area contributed by atoms with Crippen LogP contribution in [0.5, 0.6) is 0 Å². The minimum atomic E-state index is -1.08. The molecule has 0 aromatic rings. The minimum absolute atomic E-state index is 0.0258. The van der Waals surface area contributed by atoms with Gasteiger partial charge in [0.2, 0.25) is 5.91 Å². The number of primary amides is 1. The van der Waals surface area contributed by atoms with E-state index < -0.39 is 29.8 Å². The Morgan fingerprint density at radius 3 is 1.95 bits per heavy atom. The molecule has 110 valence electrons. The maximum atomic E-state index is 11.3. The number of nitrogens with two attached hydrogens (primary N) is 1. The van der Waals surface area contributed by atoms with Crippen LogP contribution in [0.15, 0.2) is 0 Å². The highest BCUT2D eigenvalue weighted by Gasteiger charge is 2.30. The van der Waals surface area contributed by atoms with Gasteiger partial charge in [0, 0.05) is 6.54 Å². The van der Waals surface area contributed by atoms with Crippen molar-refractivity contribution >= 4 is 17.8 Å². The van der Waals surface area contributed by atoms with E-state index in [0.29, 0.717) is 6.42 Å². The molecule has 0 rings (SSSR count). The van der Waals surface area contributed by atoms with Crippen molar-refractivity contribution in [3.8, 4) is 0 Å². The predicted octanol–water partition coefficient (Wildman–Crippen LogP) is -0.00630. The van der Waals surface area contributed by atoms with E-state index in [1.807, 2.05) is 13.8 Å². The highest BCUT2D eigenvalue weighted by atomic mass is 16.4. The molecule has 19 heavy (non-hydrogen) atoms. The van der Waals surface area contributed by atoms with Gasteiger partial charge in [-0.1, -0.05) is 20.8 Å². The van der Waals surface area contributed by atoms with Crippen LogP contribution in [0.4, 0.5) is 0 Å². The van der Waals surface area contributed by atoms with Crippen molar-refractivity contribution in [1.82, 2.24) is 4.90 Å². The average Bonchev–Trinajstić information content (AvgIpc) is 2.23. The summed E-state index contributed by atoms with van der Waals surface area (Å²) in [5, 5.41) is 18.1. The Hall–Kier alpha value is -1.63. The van der Waals surface area contributed by atoms with Gasteiger partial charge >= 0.3 is 11.9 Å². The third kappa shape index (κ3) is 6.76. The summed E-state index contributed by atoms with van der Waals surface area (Å²) in [4.78, 5) is 34.4. The first-order valence-electron chi connectivity index (χ1n) is 6.13. The molecule has 1 amide bonds. The number of carboxylic acids is 2. The molecule has 7 heteroatoms. The summed E-state index contributed by atoms with van der Waals surface area (Å²) in [6.07, 6.45) is 0.328. The Morgan fingerprint density at radius 1 is 1.11 bits per heavy atom. The molecule has 7 nitrogen and oxygen atoms in total. The smallest absolute Gasteiger partial charge is 0.320 e. The van der Waals surface area contributed by atoms with Gasteiger partial charge in [0.05, 0.1) is 12.5 Å². The third-order valence-electron chi connectivity index (χ3n) is 2.71. The Morgan fingerprint density at radius 2 is 1.63 bits per heavy atom. The largest absolute Gasteiger partial charge is 0.481 e. The molecule has 0 fully saturated rings. The van der Waals surface area contributed by atoms with Gasteiger partial charge < -0.3 is 15.9 Å². The fraction of sp³-hybridized carbons (Fsp3) is 0.750. The fourth-order valence-corrected chi connectivity index (χ4v) is 1.78. The summed E-state index contributed by atoms with van der Waals surface area (Å²) in [6.45, 7) is 4.89. The molecule has 0 heterocycles. The van der Waals surface area contributed by atoms with Crippen LogP contribution in [0.25, 0.3) is 0 Å². The van der Waals surface area contributed by atoms with Crippen molar-refractivity contribution in [1.29, 1.82) is 0 Å². The lowest BCUT2D eigenvalue weighted by Gasteiger charge is -2.30. The first-order valence-corrected chi connectivity index (χ1v) is 6.13. The topological polar surface area (TPSA) is 121 Å². The molecule has 0 aliphatic carbocycles. The van der Waals surface area contributed by atoms with Gasteiger partial charge in [-0.15, -0.1) is 0 Å². The monoisotopic (exact) mass is 274 g/mol. The number of hydrogen-bond donors (Lipinski definition) is 3. The SMILES string of the molecule is CC(C)CC(C(=O)O)N(CC(N)=O)CC(C)C(=O)O. The molecule has 0 radical (unpaired) electrons. The normalized spacial score (nSPS) is 14.4. The predicted molar refractivity (Wildman–Crippen MR) is 68.4 cm³/mol.